The second-order valence-electron chi connectivity index (χ2n) is 0.370. The molecule has 0 unspecified atom stereocenters. The van der Waals surface area contributed by atoms with Gasteiger partial charge in [-0.3, -0.25) is 0 Å². The van der Waals surface area contributed by atoms with Crippen molar-refractivity contribution in [1.29, 1.82) is 0 Å². The molecule has 0 heterocycles. The van der Waals surface area contributed by atoms with Gasteiger partial charge in [-0.1, -0.05) is 0 Å². The summed E-state index contributed by atoms with van der Waals surface area (Å²) in [6.07, 6.45) is 0. The second-order valence-corrected chi connectivity index (χ2v) is 16.6. The number of aliphatic hydroxyl groups is 1. The first-order valence-electron chi connectivity index (χ1n) is 1.31. The number of aliphatic hydroxyl groups excluding tert-OH is 1. The van der Waals surface area contributed by atoms with Crippen molar-refractivity contribution >= 4 is 45.6 Å². The van der Waals surface area contributed by atoms with E-state index in [0.717, 1.165) is 0 Å². The van der Waals surface area contributed by atoms with E-state index in [0.29, 0.717) is 13.3 Å². The van der Waals surface area contributed by atoms with Gasteiger partial charge in [-0.15, -0.1) is 0 Å². The molecule has 3 radical (unpaired) electrons. The van der Waals surface area contributed by atoms with E-state index in [2.05, 4.69) is 37.2 Å². The van der Waals surface area contributed by atoms with Crippen LogP contribution in [0.3, 0.4) is 0 Å². The van der Waals surface area contributed by atoms with Crippen LogP contribution in [0.25, 0.3) is 0 Å². The molecule has 1 N–H and O–H groups in total. The van der Waals surface area contributed by atoms with Crippen LogP contribution < -0.4 is 13.3 Å². The fourth-order valence-corrected chi connectivity index (χ4v) is 0. The van der Waals surface area contributed by atoms with Gasteiger partial charge in [0.1, 0.15) is 0 Å². The Hall–Kier alpha value is 2.21. The van der Waals surface area contributed by atoms with Gasteiger partial charge in [-0.05, 0) is 6.92 Å². The molecule has 0 bridgehead atoms. The minimum absolute atomic E-state index is 0. The molecule has 0 saturated carbocycles. The molecule has 7 heavy (non-hydrogen) atoms. The first kappa shape index (κ1) is 16.1. The van der Waals surface area contributed by atoms with Crippen molar-refractivity contribution < 1.29 is 18.4 Å². The maximum absolute atomic E-state index is 7.57. The summed E-state index contributed by atoms with van der Waals surface area (Å²) in [4.78, 5) is 0. The zero-order chi connectivity index (χ0) is 5.41. The van der Waals surface area contributed by atoms with Crippen LogP contribution in [0, 0.1) is 0 Å². The van der Waals surface area contributed by atoms with Crippen LogP contribution in [0.1, 0.15) is 6.92 Å². The third-order valence-corrected chi connectivity index (χ3v) is 0. The first-order chi connectivity index (χ1) is 2.83. The molecule has 0 aliphatic heterocycles. The van der Waals surface area contributed by atoms with Crippen LogP contribution in [-0.2, 0) is 0 Å². The van der Waals surface area contributed by atoms with Gasteiger partial charge >= 0.3 is 50.5 Å². The second kappa shape index (κ2) is 24.1. The molecule has 0 atom stereocenters. The van der Waals surface area contributed by atoms with Gasteiger partial charge in [0, 0.05) is 15.0 Å². The summed E-state index contributed by atoms with van der Waals surface area (Å²) in [6, 6.07) is 0. The average Bonchev–Trinajstić information content (AvgIpc) is 1.39. The van der Waals surface area contributed by atoms with Gasteiger partial charge < -0.3 is 5.11 Å². The molecular weight excluding hydrogens is 432 g/mol. The zero-order valence-electron chi connectivity index (χ0n) is 3.87. The number of halogens is 3. The van der Waals surface area contributed by atoms with Crippen molar-refractivity contribution in [3.05, 3.63) is 0 Å². The summed E-state index contributed by atoms with van der Waals surface area (Å²) in [5.74, 6) is 0. The normalized spacial score (nSPS) is 5.71. The van der Waals surface area contributed by atoms with Gasteiger partial charge in [-0.25, -0.2) is 0 Å². The van der Waals surface area contributed by atoms with E-state index in [1.165, 1.54) is 0 Å². The summed E-state index contributed by atoms with van der Waals surface area (Å²) in [5.41, 5.74) is 0. The predicted octanol–water partition coefficient (Wildman–Crippen LogP) is -1.61. The van der Waals surface area contributed by atoms with Gasteiger partial charge in [0.05, 0.1) is 0 Å². The van der Waals surface area contributed by atoms with E-state index in [9.17, 15) is 0 Å². The average molecular weight is 438 g/mol. The molecule has 0 amide bonds. The molecule has 5 heteroatoms. The molecule has 0 rings (SSSR count). The van der Waals surface area contributed by atoms with Crippen LogP contribution in [0.4, 0.5) is 0 Å². The standard InChI is InChI=1S/C2H6O.B.I3/c1-2-3;;1-3-2/h3H,2H2,1H3;;/q;;-1. The van der Waals surface area contributed by atoms with Gasteiger partial charge in [-0.2, -0.15) is 0 Å². The smallest absolute Gasteiger partial charge is 0 e. The maximum atomic E-state index is 7.57. The monoisotopic (exact) mass is 438 g/mol. The summed E-state index contributed by atoms with van der Waals surface area (Å²) >= 11 is 5.30. The molecular formula is C2H6BI3O-. The van der Waals surface area contributed by atoms with E-state index in [-0.39, 0.29) is 15.0 Å². The third kappa shape index (κ3) is 64.7. The quantitative estimate of drug-likeness (QED) is 0.357. The van der Waals surface area contributed by atoms with E-state index in [1.807, 2.05) is 0 Å². The Balaban J connectivity index is -0.0000000400. The minimum atomic E-state index is 0. The number of hydrogen-bond acceptors (Lipinski definition) is 1. The van der Waals surface area contributed by atoms with Crippen LogP contribution in [0.15, 0.2) is 0 Å². The van der Waals surface area contributed by atoms with Crippen molar-refractivity contribution in [2.45, 2.75) is 6.92 Å². The number of hydrogen-bond donors (Lipinski definition) is 1. The topological polar surface area (TPSA) is 20.2 Å². The van der Waals surface area contributed by atoms with E-state index < -0.39 is 0 Å². The molecule has 1 nitrogen and oxygen atoms in total. The zero-order valence-corrected chi connectivity index (χ0v) is 10.3. The van der Waals surface area contributed by atoms with Crippen molar-refractivity contribution in [1.82, 2.24) is 0 Å². The van der Waals surface area contributed by atoms with Crippen LogP contribution in [-0.4, -0.2) is 20.1 Å². The Morgan fingerprint density at radius 3 is 1.57 bits per heavy atom. The Morgan fingerprint density at radius 1 is 1.57 bits per heavy atom. The van der Waals surface area contributed by atoms with Crippen molar-refractivity contribution in [3.63, 3.8) is 0 Å². The molecule has 0 spiro atoms. The Kier molecular flexibility index (Phi) is 55.4. The molecule has 0 aromatic rings. The number of rotatable bonds is 0. The molecule has 0 aliphatic carbocycles. The van der Waals surface area contributed by atoms with Gasteiger partial charge in [0.25, 0.3) is 0 Å². The summed E-state index contributed by atoms with van der Waals surface area (Å²) in [7, 11) is 0. The predicted molar refractivity (Wildman–Crippen MR) is 46.6 cm³/mol. The van der Waals surface area contributed by atoms with Gasteiger partial charge in [0.15, 0.2) is 0 Å². The summed E-state index contributed by atoms with van der Waals surface area (Å²) in [5, 5.41) is 7.57. The van der Waals surface area contributed by atoms with E-state index in [4.69, 9.17) is 5.11 Å². The maximum Gasteiger partial charge on any atom is 0 e. The fraction of sp³-hybridized carbons (Fsp3) is 1.00. The van der Waals surface area contributed by atoms with Gasteiger partial charge in [0.2, 0.25) is 0 Å². The van der Waals surface area contributed by atoms with Crippen LogP contribution in [0.5, 0.6) is 0 Å². The SMILES string of the molecule is CCO.I[I-]I.[B]. The fourth-order valence-electron chi connectivity index (χ4n) is 0. The molecule has 45 valence electrons. The Labute approximate surface area is 76.2 Å². The molecule has 0 fully saturated rings. The van der Waals surface area contributed by atoms with E-state index >= 15 is 0 Å². The minimum Gasteiger partial charge on any atom is 0 e. The van der Waals surface area contributed by atoms with Crippen LogP contribution in [0.2, 0.25) is 0 Å². The third-order valence-electron chi connectivity index (χ3n) is 0. The first-order valence-corrected chi connectivity index (χ1v) is 13.9. The molecule has 0 saturated heterocycles. The van der Waals surface area contributed by atoms with Crippen LogP contribution >= 0.6 is 37.2 Å². The summed E-state index contributed by atoms with van der Waals surface area (Å²) in [6.45, 7) is 1.93. The van der Waals surface area contributed by atoms with Crippen molar-refractivity contribution in [2.24, 2.45) is 0 Å². The molecule has 0 aliphatic rings. The molecule has 0 aromatic carbocycles. The largest absolute Gasteiger partial charge is 0 e. The van der Waals surface area contributed by atoms with Crippen molar-refractivity contribution in [3.8, 4) is 0 Å². The Bertz CT molecular complexity index is 14.9. The van der Waals surface area contributed by atoms with Crippen molar-refractivity contribution in [2.75, 3.05) is 6.61 Å². The summed E-state index contributed by atoms with van der Waals surface area (Å²) < 4.78 is 0. The Morgan fingerprint density at radius 2 is 1.57 bits per heavy atom. The molecule has 0 aromatic heterocycles. The van der Waals surface area contributed by atoms with E-state index in [1.54, 1.807) is 6.92 Å².